The summed E-state index contributed by atoms with van der Waals surface area (Å²) in [5, 5.41) is 0. The number of Topliss-reactive ketones (excluding diaryl/α,β-unsaturated/α-hetero) is 1. The first-order valence-electron chi connectivity index (χ1n) is 4.19. The number of aryl methyl sites for hydroxylation is 1. The Kier molecular flexibility index (Phi) is 3.22. The first-order chi connectivity index (χ1) is 6.24. The van der Waals surface area contributed by atoms with Crippen molar-refractivity contribution >= 4 is 11.5 Å². The molecule has 66 valence electrons. The van der Waals surface area contributed by atoms with Crippen molar-refractivity contribution in [3.8, 4) is 0 Å². The lowest BCUT2D eigenvalue weighted by Gasteiger charge is -2.00. The predicted octanol–water partition coefficient (Wildman–Crippen LogP) is 2.76. The average Bonchev–Trinajstić information content (AvgIpc) is 2.15. The second-order valence-corrected chi connectivity index (χ2v) is 2.94. The first kappa shape index (κ1) is 9.47. The molecular formula is C11H11NO. The van der Waals surface area contributed by atoms with Gasteiger partial charge in [-0.05, 0) is 18.9 Å². The standard InChI is InChI=1S/C11H11NO/c1-9(13)7-8-10-5-3-4-6-11(10)12-2/h3-6H,7-8H2,1H3. The molecule has 1 aromatic rings. The zero-order chi connectivity index (χ0) is 9.68. The van der Waals surface area contributed by atoms with Crippen LogP contribution in [0, 0.1) is 6.57 Å². The van der Waals surface area contributed by atoms with E-state index in [1.807, 2.05) is 18.2 Å². The molecule has 0 bridgehead atoms. The summed E-state index contributed by atoms with van der Waals surface area (Å²) in [5.41, 5.74) is 1.62. The van der Waals surface area contributed by atoms with Crippen LogP contribution in [0.5, 0.6) is 0 Å². The molecule has 0 fully saturated rings. The maximum absolute atomic E-state index is 10.7. The van der Waals surface area contributed by atoms with Crippen LogP contribution in [0.3, 0.4) is 0 Å². The molecule has 1 aromatic carbocycles. The summed E-state index contributed by atoms with van der Waals surface area (Å²) in [6.45, 7) is 8.48. The maximum Gasteiger partial charge on any atom is 0.190 e. The molecule has 0 saturated carbocycles. The van der Waals surface area contributed by atoms with Gasteiger partial charge in [-0.3, -0.25) is 0 Å². The summed E-state index contributed by atoms with van der Waals surface area (Å²) in [5.74, 6) is 0.166. The van der Waals surface area contributed by atoms with Gasteiger partial charge < -0.3 is 4.79 Å². The molecule has 0 N–H and O–H groups in total. The Morgan fingerprint density at radius 2 is 2.15 bits per heavy atom. The quantitative estimate of drug-likeness (QED) is 0.644. The third-order valence-corrected chi connectivity index (χ3v) is 1.86. The van der Waals surface area contributed by atoms with Crippen LogP contribution in [0.25, 0.3) is 4.85 Å². The highest BCUT2D eigenvalue weighted by atomic mass is 16.1. The summed E-state index contributed by atoms with van der Waals surface area (Å²) >= 11 is 0. The molecule has 0 unspecified atom stereocenters. The zero-order valence-electron chi connectivity index (χ0n) is 7.58. The van der Waals surface area contributed by atoms with Gasteiger partial charge in [0.25, 0.3) is 0 Å². The van der Waals surface area contributed by atoms with E-state index in [1.54, 1.807) is 13.0 Å². The fraction of sp³-hybridized carbons (Fsp3) is 0.273. The number of hydrogen-bond acceptors (Lipinski definition) is 1. The predicted molar refractivity (Wildman–Crippen MR) is 51.7 cm³/mol. The molecule has 0 spiro atoms. The number of hydrogen-bond donors (Lipinski definition) is 0. The van der Waals surface area contributed by atoms with Crippen molar-refractivity contribution in [2.75, 3.05) is 0 Å². The van der Waals surface area contributed by atoms with Crippen LogP contribution in [0.1, 0.15) is 18.9 Å². The van der Waals surface area contributed by atoms with E-state index in [2.05, 4.69) is 4.85 Å². The maximum atomic E-state index is 10.7. The van der Waals surface area contributed by atoms with Crippen molar-refractivity contribution in [1.29, 1.82) is 0 Å². The number of nitrogens with zero attached hydrogens (tertiary/aromatic N) is 1. The van der Waals surface area contributed by atoms with Crippen molar-refractivity contribution in [2.45, 2.75) is 19.8 Å². The smallest absolute Gasteiger partial charge is 0.190 e. The van der Waals surface area contributed by atoms with Crippen LogP contribution >= 0.6 is 0 Å². The van der Waals surface area contributed by atoms with Crippen molar-refractivity contribution in [3.63, 3.8) is 0 Å². The molecule has 0 amide bonds. The Balaban J connectivity index is 2.77. The summed E-state index contributed by atoms with van der Waals surface area (Å²) in [4.78, 5) is 14.1. The molecule has 0 aliphatic rings. The summed E-state index contributed by atoms with van der Waals surface area (Å²) in [6, 6.07) is 7.41. The Labute approximate surface area is 78.0 Å². The fourth-order valence-corrected chi connectivity index (χ4v) is 1.14. The van der Waals surface area contributed by atoms with Crippen molar-refractivity contribution in [2.24, 2.45) is 0 Å². The van der Waals surface area contributed by atoms with Crippen LogP contribution in [-0.4, -0.2) is 5.78 Å². The molecule has 0 aromatic heterocycles. The van der Waals surface area contributed by atoms with E-state index in [4.69, 9.17) is 6.57 Å². The molecule has 0 aliphatic heterocycles. The average molecular weight is 173 g/mol. The van der Waals surface area contributed by atoms with Crippen LogP contribution < -0.4 is 0 Å². The van der Waals surface area contributed by atoms with E-state index >= 15 is 0 Å². The van der Waals surface area contributed by atoms with Gasteiger partial charge in [0.1, 0.15) is 5.78 Å². The van der Waals surface area contributed by atoms with Crippen molar-refractivity contribution < 1.29 is 4.79 Å². The number of carbonyl (C=O) groups excluding carboxylic acids is 1. The zero-order valence-corrected chi connectivity index (χ0v) is 7.58. The van der Waals surface area contributed by atoms with Gasteiger partial charge in [-0.1, -0.05) is 24.3 Å². The van der Waals surface area contributed by atoms with Gasteiger partial charge in [-0.25, -0.2) is 4.85 Å². The number of carbonyl (C=O) groups is 1. The third kappa shape index (κ3) is 2.72. The molecule has 2 nitrogen and oxygen atoms in total. The lowest BCUT2D eigenvalue weighted by atomic mass is 10.1. The summed E-state index contributed by atoms with van der Waals surface area (Å²) < 4.78 is 0. The minimum atomic E-state index is 0.166. The Hall–Kier alpha value is -1.62. The summed E-state index contributed by atoms with van der Waals surface area (Å²) in [7, 11) is 0. The molecule has 0 radical (unpaired) electrons. The van der Waals surface area contributed by atoms with E-state index < -0.39 is 0 Å². The van der Waals surface area contributed by atoms with Gasteiger partial charge in [0.2, 0.25) is 0 Å². The first-order valence-corrected chi connectivity index (χ1v) is 4.19. The lowest BCUT2D eigenvalue weighted by molar-refractivity contribution is -0.116. The molecule has 0 aliphatic carbocycles. The van der Waals surface area contributed by atoms with Gasteiger partial charge in [0.15, 0.2) is 5.69 Å². The normalized spacial score (nSPS) is 9.23. The second kappa shape index (κ2) is 4.42. The largest absolute Gasteiger partial charge is 0.300 e. The van der Waals surface area contributed by atoms with Crippen LogP contribution in [0.15, 0.2) is 24.3 Å². The second-order valence-electron chi connectivity index (χ2n) is 2.94. The third-order valence-electron chi connectivity index (χ3n) is 1.86. The molecule has 0 atom stereocenters. The van der Waals surface area contributed by atoms with Gasteiger partial charge >= 0.3 is 0 Å². The Morgan fingerprint density at radius 1 is 1.46 bits per heavy atom. The van der Waals surface area contributed by atoms with Crippen molar-refractivity contribution in [3.05, 3.63) is 41.2 Å². The number of ketones is 1. The van der Waals surface area contributed by atoms with Gasteiger partial charge in [0, 0.05) is 6.42 Å². The minimum Gasteiger partial charge on any atom is -0.300 e. The van der Waals surface area contributed by atoms with E-state index in [1.165, 1.54) is 0 Å². The Morgan fingerprint density at radius 3 is 2.77 bits per heavy atom. The lowest BCUT2D eigenvalue weighted by Crippen LogP contribution is -1.93. The SMILES string of the molecule is [C-]#[N+]c1ccccc1CCC(C)=O. The van der Waals surface area contributed by atoms with Crippen LogP contribution in [0.2, 0.25) is 0 Å². The van der Waals surface area contributed by atoms with Crippen molar-refractivity contribution in [1.82, 2.24) is 0 Å². The van der Waals surface area contributed by atoms with Crippen LogP contribution in [-0.2, 0) is 11.2 Å². The number of para-hydroxylation sites is 1. The molecule has 0 saturated heterocycles. The van der Waals surface area contributed by atoms with Gasteiger partial charge in [0.05, 0.1) is 6.57 Å². The molecule has 13 heavy (non-hydrogen) atoms. The monoisotopic (exact) mass is 173 g/mol. The van der Waals surface area contributed by atoms with Crippen LogP contribution in [0.4, 0.5) is 5.69 Å². The molecular weight excluding hydrogens is 162 g/mol. The number of benzene rings is 1. The Bertz CT molecular complexity index is 349. The number of rotatable bonds is 3. The molecule has 0 heterocycles. The van der Waals surface area contributed by atoms with E-state index in [-0.39, 0.29) is 5.78 Å². The minimum absolute atomic E-state index is 0.166. The van der Waals surface area contributed by atoms with Gasteiger partial charge in [-0.2, -0.15) is 0 Å². The van der Waals surface area contributed by atoms with E-state index in [0.29, 0.717) is 18.5 Å². The van der Waals surface area contributed by atoms with E-state index in [9.17, 15) is 4.79 Å². The topological polar surface area (TPSA) is 21.4 Å². The fourth-order valence-electron chi connectivity index (χ4n) is 1.14. The highest BCUT2D eigenvalue weighted by Gasteiger charge is 2.01. The highest BCUT2D eigenvalue weighted by molar-refractivity contribution is 5.76. The molecule has 2 heteroatoms. The van der Waals surface area contributed by atoms with Gasteiger partial charge in [-0.15, -0.1) is 0 Å². The van der Waals surface area contributed by atoms with E-state index in [0.717, 1.165) is 5.56 Å². The summed E-state index contributed by atoms with van der Waals surface area (Å²) in [6.07, 6.45) is 1.19. The molecule has 1 rings (SSSR count). The highest BCUT2D eigenvalue weighted by Crippen LogP contribution is 2.19.